The third-order valence-corrected chi connectivity index (χ3v) is 3.23. The molecule has 0 saturated heterocycles. The first-order chi connectivity index (χ1) is 11.1. The van der Waals surface area contributed by atoms with Crippen LogP contribution in [0.4, 0.5) is 4.39 Å². The number of hydrogen-bond donors (Lipinski definition) is 0. The molecule has 0 saturated carbocycles. The Bertz CT molecular complexity index is 839. The fourth-order valence-corrected chi connectivity index (χ4v) is 2.10. The van der Waals surface area contributed by atoms with Gasteiger partial charge in [-0.3, -0.25) is 0 Å². The highest BCUT2D eigenvalue weighted by Gasteiger charge is 2.16. The molecule has 0 fully saturated rings. The van der Waals surface area contributed by atoms with Crippen molar-refractivity contribution in [2.24, 2.45) is 0 Å². The van der Waals surface area contributed by atoms with Crippen LogP contribution in [0.25, 0.3) is 11.4 Å². The maximum Gasteiger partial charge on any atom is 0.341 e. The van der Waals surface area contributed by atoms with Crippen molar-refractivity contribution in [2.75, 3.05) is 7.11 Å². The molecule has 3 rings (SSSR count). The third-order valence-electron chi connectivity index (χ3n) is 3.23. The summed E-state index contributed by atoms with van der Waals surface area (Å²) in [6, 6.07) is 7.39. The smallest absolute Gasteiger partial charge is 0.341 e. The Morgan fingerprint density at radius 1 is 1.35 bits per heavy atom. The van der Waals surface area contributed by atoms with Crippen molar-refractivity contribution in [3.05, 3.63) is 53.2 Å². The Balaban J connectivity index is 1.79. The number of ether oxygens (including phenoxy) is 1. The monoisotopic (exact) mass is 316 g/mol. The van der Waals surface area contributed by atoms with Gasteiger partial charge in [-0.2, -0.15) is 4.80 Å². The Kier molecular flexibility index (Phi) is 3.88. The lowest BCUT2D eigenvalue weighted by Gasteiger charge is -1.95. The van der Waals surface area contributed by atoms with Crippen LogP contribution in [0.2, 0.25) is 0 Å². The van der Waals surface area contributed by atoms with Gasteiger partial charge < -0.3 is 9.15 Å². The zero-order valence-electron chi connectivity index (χ0n) is 12.5. The Morgan fingerprint density at radius 3 is 2.78 bits per heavy atom. The van der Waals surface area contributed by atoms with Crippen molar-refractivity contribution in [3.63, 3.8) is 0 Å². The number of esters is 1. The van der Waals surface area contributed by atoms with Gasteiger partial charge in [-0.15, -0.1) is 10.2 Å². The molecule has 7 nitrogen and oxygen atoms in total. The summed E-state index contributed by atoms with van der Waals surface area (Å²) in [5.41, 5.74) is 1.02. The number of halogens is 1. The van der Waals surface area contributed by atoms with E-state index < -0.39 is 5.97 Å². The highest BCUT2D eigenvalue weighted by atomic mass is 19.1. The molecular formula is C15H13FN4O3. The molecule has 0 bridgehead atoms. The Labute approximate surface area is 130 Å². The highest BCUT2D eigenvalue weighted by Crippen LogP contribution is 2.17. The van der Waals surface area contributed by atoms with Crippen molar-refractivity contribution in [1.29, 1.82) is 0 Å². The SMILES string of the molecule is COC(=O)c1cc(Cn2nnc(-c3ccc(F)cc3)n2)oc1C. The summed E-state index contributed by atoms with van der Waals surface area (Å²) in [6.45, 7) is 1.89. The molecule has 0 N–H and O–H groups in total. The number of methoxy groups -OCH3 is 1. The van der Waals surface area contributed by atoms with Gasteiger partial charge in [0.25, 0.3) is 0 Å². The van der Waals surface area contributed by atoms with Gasteiger partial charge in [0.2, 0.25) is 5.82 Å². The number of furan rings is 1. The highest BCUT2D eigenvalue weighted by molar-refractivity contribution is 5.90. The standard InChI is InChI=1S/C15H13FN4O3/c1-9-13(15(21)22-2)7-12(23-9)8-20-18-14(17-19-20)10-3-5-11(16)6-4-10/h3-7H,8H2,1-2H3. The van der Waals surface area contributed by atoms with Crippen LogP contribution in [0.15, 0.2) is 34.7 Å². The van der Waals surface area contributed by atoms with Crippen LogP contribution in [-0.4, -0.2) is 33.3 Å². The first-order valence-electron chi connectivity index (χ1n) is 6.78. The predicted octanol–water partition coefficient (Wildman–Crippen LogP) is 2.22. The van der Waals surface area contributed by atoms with Gasteiger partial charge in [-0.25, -0.2) is 9.18 Å². The molecule has 0 amide bonds. The van der Waals surface area contributed by atoms with E-state index in [1.165, 1.54) is 24.0 Å². The lowest BCUT2D eigenvalue weighted by Crippen LogP contribution is -2.03. The van der Waals surface area contributed by atoms with E-state index in [0.29, 0.717) is 28.5 Å². The van der Waals surface area contributed by atoms with Gasteiger partial charge in [0.1, 0.15) is 29.4 Å². The van der Waals surface area contributed by atoms with Crippen LogP contribution in [0, 0.1) is 12.7 Å². The number of carbonyl (C=O) groups excluding carboxylic acids is 1. The van der Waals surface area contributed by atoms with Gasteiger partial charge >= 0.3 is 5.97 Å². The van der Waals surface area contributed by atoms with E-state index in [1.807, 2.05) is 0 Å². The van der Waals surface area contributed by atoms with E-state index in [4.69, 9.17) is 4.42 Å². The maximum absolute atomic E-state index is 12.9. The zero-order valence-corrected chi connectivity index (χ0v) is 12.5. The normalized spacial score (nSPS) is 10.7. The molecule has 1 aromatic carbocycles. The van der Waals surface area contributed by atoms with Gasteiger partial charge in [0.05, 0.1) is 7.11 Å². The van der Waals surface area contributed by atoms with Crippen molar-refractivity contribution in [2.45, 2.75) is 13.5 Å². The third kappa shape index (κ3) is 3.10. The first kappa shape index (κ1) is 14.9. The lowest BCUT2D eigenvalue weighted by molar-refractivity contribution is 0.0599. The van der Waals surface area contributed by atoms with Gasteiger partial charge in [0, 0.05) is 5.56 Å². The van der Waals surface area contributed by atoms with E-state index in [1.54, 1.807) is 25.1 Å². The summed E-state index contributed by atoms with van der Waals surface area (Å²) < 4.78 is 23.1. The predicted molar refractivity (Wildman–Crippen MR) is 77.1 cm³/mol. The molecule has 0 aliphatic carbocycles. The van der Waals surface area contributed by atoms with Crippen LogP contribution in [0.1, 0.15) is 21.9 Å². The average molecular weight is 316 g/mol. The topological polar surface area (TPSA) is 83.0 Å². The number of nitrogens with zero attached hydrogens (tertiary/aromatic N) is 4. The fourth-order valence-electron chi connectivity index (χ4n) is 2.10. The number of carbonyl (C=O) groups is 1. The zero-order chi connectivity index (χ0) is 16.4. The number of aryl methyl sites for hydroxylation is 1. The number of benzene rings is 1. The van der Waals surface area contributed by atoms with E-state index in [9.17, 15) is 9.18 Å². The molecule has 0 spiro atoms. The van der Waals surface area contributed by atoms with Gasteiger partial charge in [0.15, 0.2) is 0 Å². The Hall–Kier alpha value is -3.03. The van der Waals surface area contributed by atoms with Crippen molar-refractivity contribution >= 4 is 5.97 Å². The molecule has 0 aliphatic heterocycles. The summed E-state index contributed by atoms with van der Waals surface area (Å²) in [6.07, 6.45) is 0. The summed E-state index contributed by atoms with van der Waals surface area (Å²) in [5, 5.41) is 12.0. The van der Waals surface area contributed by atoms with Crippen molar-refractivity contribution in [1.82, 2.24) is 20.2 Å². The van der Waals surface area contributed by atoms with Crippen LogP contribution >= 0.6 is 0 Å². The first-order valence-corrected chi connectivity index (χ1v) is 6.78. The molecule has 0 radical (unpaired) electrons. The molecule has 3 aromatic rings. The second-order valence-electron chi connectivity index (χ2n) is 4.82. The number of hydrogen-bond acceptors (Lipinski definition) is 6. The molecule has 118 valence electrons. The maximum atomic E-state index is 12.9. The van der Waals surface area contributed by atoms with Crippen LogP contribution in [-0.2, 0) is 11.3 Å². The summed E-state index contributed by atoms with van der Waals surface area (Å²) in [4.78, 5) is 12.9. The van der Waals surface area contributed by atoms with Crippen LogP contribution in [0.3, 0.4) is 0 Å². The second-order valence-corrected chi connectivity index (χ2v) is 4.82. The fraction of sp³-hybridized carbons (Fsp3) is 0.200. The summed E-state index contributed by atoms with van der Waals surface area (Å²) >= 11 is 0. The van der Waals surface area contributed by atoms with Crippen molar-refractivity contribution < 1.29 is 18.3 Å². The average Bonchev–Trinajstić information content (AvgIpc) is 3.14. The minimum Gasteiger partial charge on any atom is -0.465 e. The molecular weight excluding hydrogens is 303 g/mol. The van der Waals surface area contributed by atoms with Crippen LogP contribution in [0.5, 0.6) is 0 Å². The van der Waals surface area contributed by atoms with E-state index in [0.717, 1.165) is 0 Å². The van der Waals surface area contributed by atoms with E-state index >= 15 is 0 Å². The number of aromatic nitrogens is 4. The van der Waals surface area contributed by atoms with Gasteiger partial charge in [-0.05, 0) is 42.5 Å². The lowest BCUT2D eigenvalue weighted by atomic mass is 10.2. The molecule has 2 aromatic heterocycles. The number of rotatable bonds is 4. The molecule has 0 aliphatic rings. The molecule has 8 heteroatoms. The van der Waals surface area contributed by atoms with E-state index in [2.05, 4.69) is 20.1 Å². The van der Waals surface area contributed by atoms with Gasteiger partial charge in [-0.1, -0.05) is 0 Å². The quantitative estimate of drug-likeness (QED) is 0.686. The minimum atomic E-state index is -0.462. The largest absolute Gasteiger partial charge is 0.465 e. The summed E-state index contributed by atoms with van der Waals surface area (Å²) in [5.74, 6) is 0.553. The van der Waals surface area contributed by atoms with Crippen molar-refractivity contribution in [3.8, 4) is 11.4 Å². The summed E-state index contributed by atoms with van der Waals surface area (Å²) in [7, 11) is 1.31. The second kappa shape index (κ2) is 5.99. The molecule has 0 atom stereocenters. The van der Waals surface area contributed by atoms with E-state index in [-0.39, 0.29) is 12.4 Å². The molecule has 2 heterocycles. The van der Waals surface area contributed by atoms with Crippen LogP contribution < -0.4 is 0 Å². The molecule has 0 unspecified atom stereocenters. The molecule has 23 heavy (non-hydrogen) atoms. The number of tetrazole rings is 1. The minimum absolute atomic E-state index is 0.214. The Morgan fingerprint density at radius 2 is 2.09 bits per heavy atom.